The van der Waals surface area contributed by atoms with Crippen molar-refractivity contribution in [2.24, 2.45) is 0 Å². The van der Waals surface area contributed by atoms with Crippen molar-refractivity contribution in [2.45, 2.75) is 49.5 Å². The van der Waals surface area contributed by atoms with Crippen LogP contribution >= 0.6 is 11.8 Å². The number of esters is 1. The molecule has 11 heteroatoms. The van der Waals surface area contributed by atoms with Crippen molar-refractivity contribution in [2.75, 3.05) is 7.11 Å². The van der Waals surface area contributed by atoms with E-state index in [0.717, 1.165) is 24.9 Å². The number of nitrogens with one attached hydrogen (secondary N) is 1. The van der Waals surface area contributed by atoms with E-state index in [2.05, 4.69) is 10.1 Å². The van der Waals surface area contributed by atoms with E-state index in [9.17, 15) is 29.6 Å². The summed E-state index contributed by atoms with van der Waals surface area (Å²) in [5.74, 6) is -2.05. The zero-order chi connectivity index (χ0) is 21.6. The van der Waals surface area contributed by atoms with Crippen molar-refractivity contribution < 1.29 is 33.9 Å². The summed E-state index contributed by atoms with van der Waals surface area (Å²) in [5.41, 5.74) is -1.19. The summed E-state index contributed by atoms with van der Waals surface area (Å²) in [6.07, 6.45) is -0.914. The van der Waals surface area contributed by atoms with Gasteiger partial charge in [-0.1, -0.05) is 6.92 Å². The molecule has 0 aliphatic carbocycles. The molecule has 0 bridgehead atoms. The summed E-state index contributed by atoms with van der Waals surface area (Å²) < 4.78 is 9.59. The van der Waals surface area contributed by atoms with Crippen LogP contribution in [0.4, 0.5) is 10.5 Å². The Morgan fingerprint density at radius 3 is 2.36 bits per heavy atom. The Bertz CT molecular complexity index is 775. The number of ether oxygens (including phenoxy) is 2. The van der Waals surface area contributed by atoms with Crippen molar-refractivity contribution >= 4 is 35.5 Å². The van der Waals surface area contributed by atoms with E-state index in [1.54, 1.807) is 20.8 Å². The van der Waals surface area contributed by atoms with Crippen LogP contribution < -0.4 is 5.32 Å². The first kappa shape index (κ1) is 23.2. The number of methoxy groups -OCH3 is 1. The zero-order valence-corrected chi connectivity index (χ0v) is 16.9. The summed E-state index contributed by atoms with van der Waals surface area (Å²) in [4.78, 5) is 45.8. The molecule has 0 aliphatic rings. The van der Waals surface area contributed by atoms with Gasteiger partial charge in [-0.25, -0.2) is 14.4 Å². The van der Waals surface area contributed by atoms with Gasteiger partial charge in [0.25, 0.3) is 5.69 Å². The molecule has 2 N–H and O–H groups in total. The minimum atomic E-state index is -1.36. The maximum absolute atomic E-state index is 11.9. The van der Waals surface area contributed by atoms with Crippen molar-refractivity contribution in [1.29, 1.82) is 0 Å². The molecule has 2 atom stereocenters. The van der Waals surface area contributed by atoms with Gasteiger partial charge in [0.15, 0.2) is 0 Å². The monoisotopic (exact) mass is 414 g/mol. The van der Waals surface area contributed by atoms with Gasteiger partial charge in [-0.2, -0.15) is 0 Å². The molecular weight excluding hydrogens is 392 g/mol. The first-order valence-electron chi connectivity index (χ1n) is 8.11. The summed E-state index contributed by atoms with van der Waals surface area (Å²) in [7, 11) is 1.15. The number of carboxylic acid groups (broad SMARTS) is 1. The minimum absolute atomic E-state index is 0.00660. The normalized spacial score (nSPS) is 13.2. The van der Waals surface area contributed by atoms with Gasteiger partial charge >= 0.3 is 18.0 Å². The molecule has 1 rings (SSSR count). The number of amides is 1. The van der Waals surface area contributed by atoms with Crippen molar-refractivity contribution in [1.82, 2.24) is 5.32 Å². The topological polar surface area (TPSA) is 145 Å². The highest BCUT2D eigenvalue weighted by Crippen LogP contribution is 2.34. The maximum Gasteiger partial charge on any atom is 0.408 e. The number of hydrogen-bond acceptors (Lipinski definition) is 8. The number of benzene rings is 1. The van der Waals surface area contributed by atoms with Crippen molar-refractivity contribution in [3.8, 4) is 0 Å². The van der Waals surface area contributed by atoms with E-state index in [-0.39, 0.29) is 16.1 Å². The smallest absolute Gasteiger partial charge is 0.408 e. The lowest BCUT2D eigenvalue weighted by Crippen LogP contribution is -2.48. The SMILES string of the molecule is COC(=O)c1ccc(SC(C)C(NC(=O)OC(C)(C)C)C(=O)O)c([N+](=O)[O-])c1. The van der Waals surface area contributed by atoms with E-state index in [4.69, 9.17) is 4.74 Å². The van der Waals surface area contributed by atoms with E-state index in [1.807, 2.05) is 0 Å². The molecule has 154 valence electrons. The van der Waals surface area contributed by atoms with Gasteiger partial charge in [0.2, 0.25) is 0 Å². The number of rotatable bonds is 7. The predicted octanol–water partition coefficient (Wildman–Crippen LogP) is 2.84. The molecule has 10 nitrogen and oxygen atoms in total. The van der Waals surface area contributed by atoms with Gasteiger partial charge in [-0.3, -0.25) is 10.1 Å². The third kappa shape index (κ3) is 6.72. The highest BCUT2D eigenvalue weighted by Gasteiger charge is 2.31. The van der Waals surface area contributed by atoms with Crippen LogP contribution in [-0.4, -0.2) is 52.1 Å². The molecule has 2 unspecified atom stereocenters. The Morgan fingerprint density at radius 1 is 1.29 bits per heavy atom. The Labute approximate surface area is 165 Å². The molecule has 0 radical (unpaired) electrons. The number of carboxylic acids is 1. The molecule has 0 spiro atoms. The third-order valence-electron chi connectivity index (χ3n) is 3.30. The number of thioether (sulfide) groups is 1. The quantitative estimate of drug-likeness (QED) is 0.298. The number of hydrogen-bond donors (Lipinski definition) is 2. The lowest BCUT2D eigenvalue weighted by atomic mass is 10.2. The predicted molar refractivity (Wildman–Crippen MR) is 101 cm³/mol. The molecule has 0 aromatic heterocycles. The van der Waals surface area contributed by atoms with Crippen LogP contribution in [0.1, 0.15) is 38.1 Å². The number of carbonyl (C=O) groups excluding carboxylic acids is 2. The third-order valence-corrected chi connectivity index (χ3v) is 4.54. The maximum atomic E-state index is 11.9. The van der Waals surface area contributed by atoms with Crippen LogP contribution in [0, 0.1) is 10.1 Å². The second-order valence-electron chi connectivity index (χ2n) is 6.72. The molecule has 1 amide bonds. The first-order chi connectivity index (χ1) is 12.9. The number of nitro benzene ring substituents is 1. The standard InChI is InChI=1S/C17H22N2O8S/c1-9(13(14(20)21)18-16(23)27-17(2,3)4)28-12-7-6-10(15(22)26-5)8-11(12)19(24)25/h6-9,13H,1-5H3,(H,18,23)(H,20,21). The first-order valence-corrected chi connectivity index (χ1v) is 8.99. The van der Waals surface area contributed by atoms with Crippen LogP contribution in [0.5, 0.6) is 0 Å². The lowest BCUT2D eigenvalue weighted by molar-refractivity contribution is -0.387. The molecule has 0 fully saturated rings. The Morgan fingerprint density at radius 2 is 1.89 bits per heavy atom. The van der Waals surface area contributed by atoms with E-state index in [1.165, 1.54) is 19.1 Å². The molecule has 0 saturated heterocycles. The zero-order valence-electron chi connectivity index (χ0n) is 16.0. The molecule has 1 aromatic carbocycles. The number of nitrogens with zero attached hydrogens (tertiary/aromatic N) is 1. The molecule has 0 aliphatic heterocycles. The summed E-state index contributed by atoms with van der Waals surface area (Å²) in [5, 5.41) is 22.2. The molecule has 28 heavy (non-hydrogen) atoms. The van der Waals surface area contributed by atoms with Crippen LogP contribution in [0.3, 0.4) is 0 Å². The Balaban J connectivity index is 3.06. The minimum Gasteiger partial charge on any atom is -0.480 e. The fourth-order valence-corrected chi connectivity index (χ4v) is 3.21. The molecule has 0 heterocycles. The Kier molecular flexibility index (Phi) is 7.79. The van der Waals surface area contributed by atoms with Gasteiger partial charge in [-0.05, 0) is 32.9 Å². The number of aliphatic carboxylic acids is 1. The van der Waals surface area contributed by atoms with Crippen LogP contribution in [0.25, 0.3) is 0 Å². The van der Waals surface area contributed by atoms with E-state index in [0.29, 0.717) is 0 Å². The van der Waals surface area contributed by atoms with Gasteiger partial charge in [0.05, 0.1) is 22.5 Å². The largest absolute Gasteiger partial charge is 0.480 e. The number of alkyl carbamates (subject to hydrolysis) is 1. The average molecular weight is 414 g/mol. The van der Waals surface area contributed by atoms with Crippen LogP contribution in [0.15, 0.2) is 23.1 Å². The van der Waals surface area contributed by atoms with Gasteiger partial charge in [0, 0.05) is 11.3 Å². The lowest BCUT2D eigenvalue weighted by Gasteiger charge is -2.24. The summed E-state index contributed by atoms with van der Waals surface area (Å²) in [6.45, 7) is 6.39. The second-order valence-corrected chi connectivity index (χ2v) is 8.14. The molecular formula is C17H22N2O8S. The van der Waals surface area contributed by atoms with Gasteiger partial charge in [-0.15, -0.1) is 11.8 Å². The number of carbonyl (C=O) groups is 3. The van der Waals surface area contributed by atoms with Gasteiger partial charge < -0.3 is 19.9 Å². The fourth-order valence-electron chi connectivity index (χ4n) is 2.09. The molecule has 0 saturated carbocycles. The second kappa shape index (κ2) is 9.40. The number of nitro groups is 1. The highest BCUT2D eigenvalue weighted by atomic mass is 32.2. The highest BCUT2D eigenvalue weighted by molar-refractivity contribution is 8.00. The van der Waals surface area contributed by atoms with Crippen molar-refractivity contribution in [3.05, 3.63) is 33.9 Å². The van der Waals surface area contributed by atoms with Crippen LogP contribution in [0.2, 0.25) is 0 Å². The van der Waals surface area contributed by atoms with Gasteiger partial charge in [0.1, 0.15) is 11.6 Å². The summed E-state index contributed by atoms with van der Waals surface area (Å²) in [6, 6.07) is 2.36. The fraction of sp³-hybridized carbons (Fsp3) is 0.471. The van der Waals surface area contributed by atoms with Crippen LogP contribution in [-0.2, 0) is 14.3 Å². The van der Waals surface area contributed by atoms with E-state index < -0.39 is 39.8 Å². The average Bonchev–Trinajstić information content (AvgIpc) is 2.57. The van der Waals surface area contributed by atoms with E-state index >= 15 is 0 Å². The summed E-state index contributed by atoms with van der Waals surface area (Å²) >= 11 is 0.878. The molecule has 1 aromatic rings. The van der Waals surface area contributed by atoms with Crippen molar-refractivity contribution in [3.63, 3.8) is 0 Å². The Hall–Kier alpha value is -2.82.